The standard InChI is InChI=1S/C11H13Cl2N3O2S2/c1-7(15-16-11(14)19)4-5-20(17,18)8-2-3-9(12)10(13)6-8/h2-3,6H,4-5H2,1H3,(H3,14,16,19)/b15-7+. The van der Waals surface area contributed by atoms with Gasteiger partial charge >= 0.3 is 0 Å². The molecule has 20 heavy (non-hydrogen) atoms. The van der Waals surface area contributed by atoms with Gasteiger partial charge in [-0.15, -0.1) is 0 Å². The Kier molecular flexibility index (Phi) is 6.19. The molecule has 0 saturated carbocycles. The number of benzene rings is 1. The molecule has 0 atom stereocenters. The average Bonchev–Trinajstić information content (AvgIpc) is 2.37. The van der Waals surface area contributed by atoms with Crippen LogP contribution in [0.4, 0.5) is 0 Å². The number of nitrogens with one attached hydrogen (secondary N) is 1. The van der Waals surface area contributed by atoms with Crippen molar-refractivity contribution in [1.29, 1.82) is 0 Å². The van der Waals surface area contributed by atoms with Gasteiger partial charge in [0.1, 0.15) is 0 Å². The maximum atomic E-state index is 12.1. The smallest absolute Gasteiger partial charge is 0.184 e. The fraction of sp³-hybridized carbons (Fsp3) is 0.273. The summed E-state index contributed by atoms with van der Waals surface area (Å²) in [5.41, 5.74) is 8.18. The first-order chi connectivity index (χ1) is 9.22. The third-order valence-electron chi connectivity index (χ3n) is 2.34. The number of sulfone groups is 1. The minimum atomic E-state index is -3.45. The first-order valence-electron chi connectivity index (χ1n) is 5.49. The van der Waals surface area contributed by atoms with Crippen LogP contribution in [0.1, 0.15) is 13.3 Å². The van der Waals surface area contributed by atoms with Crippen LogP contribution in [0.2, 0.25) is 10.0 Å². The van der Waals surface area contributed by atoms with Gasteiger partial charge in [-0.25, -0.2) is 8.42 Å². The average molecular weight is 354 g/mol. The van der Waals surface area contributed by atoms with Gasteiger partial charge in [0.25, 0.3) is 0 Å². The van der Waals surface area contributed by atoms with E-state index in [2.05, 4.69) is 22.7 Å². The van der Waals surface area contributed by atoms with E-state index in [0.717, 1.165) is 0 Å². The molecule has 1 aromatic rings. The van der Waals surface area contributed by atoms with Crippen LogP contribution in [0.3, 0.4) is 0 Å². The molecule has 3 N–H and O–H groups in total. The highest BCUT2D eigenvalue weighted by Gasteiger charge is 2.16. The molecule has 9 heteroatoms. The summed E-state index contributed by atoms with van der Waals surface area (Å²) in [7, 11) is -3.45. The van der Waals surface area contributed by atoms with Gasteiger partial charge in [0.05, 0.1) is 20.7 Å². The Morgan fingerprint density at radius 1 is 1.40 bits per heavy atom. The van der Waals surface area contributed by atoms with Gasteiger partial charge in [-0.3, -0.25) is 5.43 Å². The minimum Gasteiger partial charge on any atom is -0.375 e. The zero-order valence-corrected chi connectivity index (χ0v) is 13.7. The van der Waals surface area contributed by atoms with Gasteiger partial charge in [-0.2, -0.15) is 5.10 Å². The highest BCUT2D eigenvalue weighted by atomic mass is 35.5. The molecule has 0 fully saturated rings. The second kappa shape index (κ2) is 7.21. The van der Waals surface area contributed by atoms with E-state index in [1.807, 2.05) is 0 Å². The Labute approximate surface area is 133 Å². The number of thiocarbonyl (C=S) groups is 1. The van der Waals surface area contributed by atoms with E-state index >= 15 is 0 Å². The van der Waals surface area contributed by atoms with Crippen molar-refractivity contribution >= 4 is 56.1 Å². The van der Waals surface area contributed by atoms with Gasteiger partial charge in [0.15, 0.2) is 14.9 Å². The molecule has 1 aromatic carbocycles. The number of hydrogen-bond acceptors (Lipinski definition) is 4. The Bertz CT molecular complexity index is 645. The lowest BCUT2D eigenvalue weighted by Crippen LogP contribution is -2.25. The molecular formula is C11H13Cl2N3O2S2. The second-order valence-corrected chi connectivity index (χ2v) is 7.33. The number of nitrogens with zero attached hydrogens (tertiary/aromatic N) is 1. The zero-order valence-electron chi connectivity index (χ0n) is 10.6. The third kappa shape index (κ3) is 5.24. The lowest BCUT2D eigenvalue weighted by Gasteiger charge is -2.06. The summed E-state index contributed by atoms with van der Waals surface area (Å²) in [4.78, 5) is 0.127. The van der Waals surface area contributed by atoms with Crippen LogP contribution in [0.15, 0.2) is 28.2 Å². The Morgan fingerprint density at radius 3 is 2.60 bits per heavy atom. The fourth-order valence-electron chi connectivity index (χ4n) is 1.28. The minimum absolute atomic E-state index is 0.0247. The Hall–Kier alpha value is -0.890. The van der Waals surface area contributed by atoms with Crippen LogP contribution in [0.25, 0.3) is 0 Å². The summed E-state index contributed by atoms with van der Waals surface area (Å²) in [6.45, 7) is 1.68. The molecule has 1 rings (SSSR count). The van der Waals surface area contributed by atoms with Crippen molar-refractivity contribution in [2.45, 2.75) is 18.2 Å². The van der Waals surface area contributed by atoms with E-state index in [-0.39, 0.29) is 27.2 Å². The number of hydrogen-bond donors (Lipinski definition) is 2. The van der Waals surface area contributed by atoms with E-state index < -0.39 is 9.84 Å². The van der Waals surface area contributed by atoms with Crippen LogP contribution in [-0.2, 0) is 9.84 Å². The first-order valence-corrected chi connectivity index (χ1v) is 8.30. The topological polar surface area (TPSA) is 84.5 Å². The lowest BCUT2D eigenvalue weighted by molar-refractivity contribution is 0.596. The Morgan fingerprint density at radius 2 is 2.05 bits per heavy atom. The van der Waals surface area contributed by atoms with Crippen LogP contribution < -0.4 is 11.2 Å². The molecule has 0 aliphatic heterocycles. The lowest BCUT2D eigenvalue weighted by atomic mass is 10.3. The van der Waals surface area contributed by atoms with Gasteiger partial charge in [0, 0.05) is 12.1 Å². The number of halogens is 2. The maximum Gasteiger partial charge on any atom is 0.184 e. The van der Waals surface area contributed by atoms with Crippen LogP contribution in [-0.4, -0.2) is 25.0 Å². The number of hydrazone groups is 1. The van der Waals surface area contributed by atoms with Crippen molar-refractivity contribution in [3.8, 4) is 0 Å². The summed E-state index contributed by atoms with van der Waals surface area (Å²) in [5, 5.41) is 4.38. The van der Waals surface area contributed by atoms with Crippen LogP contribution >= 0.6 is 35.4 Å². The van der Waals surface area contributed by atoms with Crippen molar-refractivity contribution in [2.75, 3.05) is 5.75 Å². The van der Waals surface area contributed by atoms with Crippen molar-refractivity contribution in [3.63, 3.8) is 0 Å². The maximum absolute atomic E-state index is 12.1. The molecule has 0 aliphatic rings. The van der Waals surface area contributed by atoms with E-state index in [1.165, 1.54) is 18.2 Å². The van der Waals surface area contributed by atoms with Crippen molar-refractivity contribution < 1.29 is 8.42 Å². The third-order valence-corrected chi connectivity index (χ3v) is 4.88. The van der Waals surface area contributed by atoms with Crippen LogP contribution in [0.5, 0.6) is 0 Å². The molecule has 0 radical (unpaired) electrons. The summed E-state index contributed by atoms with van der Waals surface area (Å²) in [6.07, 6.45) is 0.248. The van der Waals surface area contributed by atoms with Crippen molar-refractivity contribution in [1.82, 2.24) is 5.43 Å². The highest BCUT2D eigenvalue weighted by Crippen LogP contribution is 2.25. The fourth-order valence-corrected chi connectivity index (χ4v) is 3.06. The van der Waals surface area contributed by atoms with E-state index in [0.29, 0.717) is 10.7 Å². The van der Waals surface area contributed by atoms with Crippen molar-refractivity contribution in [3.05, 3.63) is 28.2 Å². The molecule has 0 saturated heterocycles. The molecular weight excluding hydrogens is 341 g/mol. The largest absolute Gasteiger partial charge is 0.375 e. The summed E-state index contributed by atoms with van der Waals surface area (Å²) in [6, 6.07) is 4.20. The van der Waals surface area contributed by atoms with Crippen molar-refractivity contribution in [2.24, 2.45) is 10.8 Å². The molecule has 0 aliphatic carbocycles. The summed E-state index contributed by atoms with van der Waals surface area (Å²) < 4.78 is 24.2. The molecule has 0 aromatic heterocycles. The molecule has 0 spiro atoms. The monoisotopic (exact) mass is 353 g/mol. The molecule has 5 nitrogen and oxygen atoms in total. The predicted octanol–water partition coefficient (Wildman–Crippen LogP) is 2.37. The predicted molar refractivity (Wildman–Crippen MR) is 86.2 cm³/mol. The second-order valence-electron chi connectivity index (χ2n) is 3.97. The van der Waals surface area contributed by atoms with Gasteiger partial charge in [0.2, 0.25) is 0 Å². The van der Waals surface area contributed by atoms with Gasteiger partial charge < -0.3 is 5.73 Å². The Balaban J connectivity index is 2.77. The van der Waals surface area contributed by atoms with E-state index in [9.17, 15) is 8.42 Å². The molecule has 0 heterocycles. The SMILES string of the molecule is C/C(CCS(=O)(=O)c1ccc(Cl)c(Cl)c1)=N\NC(N)=S. The van der Waals surface area contributed by atoms with Gasteiger partial charge in [-0.1, -0.05) is 23.2 Å². The van der Waals surface area contributed by atoms with Crippen LogP contribution in [0, 0.1) is 0 Å². The normalized spacial score (nSPS) is 12.2. The molecule has 0 amide bonds. The molecule has 0 unspecified atom stereocenters. The summed E-state index contributed by atoms with van der Waals surface area (Å²) >= 11 is 16.1. The molecule has 0 bridgehead atoms. The highest BCUT2D eigenvalue weighted by molar-refractivity contribution is 7.91. The van der Waals surface area contributed by atoms with E-state index in [1.54, 1.807) is 6.92 Å². The first kappa shape index (κ1) is 17.2. The quantitative estimate of drug-likeness (QED) is 0.482. The zero-order chi connectivity index (χ0) is 15.3. The number of nitrogens with two attached hydrogens (primary N) is 1. The molecule has 110 valence electrons. The van der Waals surface area contributed by atoms with Gasteiger partial charge in [-0.05, 0) is 37.3 Å². The van der Waals surface area contributed by atoms with E-state index in [4.69, 9.17) is 28.9 Å². The summed E-state index contributed by atoms with van der Waals surface area (Å²) in [5.74, 6) is -0.0979. The number of rotatable bonds is 5.